The lowest BCUT2D eigenvalue weighted by Gasteiger charge is -2.09. The maximum absolute atomic E-state index is 13.0. The Balaban J connectivity index is 1.55. The Morgan fingerprint density at radius 1 is 0.931 bits per heavy atom. The number of halogens is 1. The molecule has 0 aliphatic heterocycles. The second-order valence-corrected chi connectivity index (χ2v) is 6.47. The van der Waals surface area contributed by atoms with Gasteiger partial charge in [-0.1, -0.05) is 24.3 Å². The summed E-state index contributed by atoms with van der Waals surface area (Å²) >= 11 is 0. The first-order valence-corrected chi connectivity index (χ1v) is 9.09. The Kier molecular flexibility index (Phi) is 6.58. The van der Waals surface area contributed by atoms with Crippen LogP contribution in [0.5, 0.6) is 5.75 Å². The van der Waals surface area contributed by atoms with E-state index in [0.29, 0.717) is 23.5 Å². The van der Waals surface area contributed by atoms with Crippen molar-refractivity contribution in [1.29, 1.82) is 0 Å². The second kappa shape index (κ2) is 9.50. The molecule has 0 spiro atoms. The summed E-state index contributed by atoms with van der Waals surface area (Å²) < 4.78 is 18.1. The molecule has 29 heavy (non-hydrogen) atoms. The van der Waals surface area contributed by atoms with Gasteiger partial charge < -0.3 is 15.4 Å². The number of hydrogen-bond donors (Lipinski definition) is 2. The largest absolute Gasteiger partial charge is 0.497 e. The van der Waals surface area contributed by atoms with Gasteiger partial charge in [0, 0.05) is 17.8 Å². The maximum Gasteiger partial charge on any atom is 0.255 e. The predicted molar refractivity (Wildman–Crippen MR) is 109 cm³/mol. The lowest BCUT2D eigenvalue weighted by Crippen LogP contribution is -2.24. The Hall–Kier alpha value is -3.67. The van der Waals surface area contributed by atoms with E-state index < -0.39 is 5.82 Å². The molecule has 0 heterocycles. The van der Waals surface area contributed by atoms with Crippen LogP contribution in [-0.4, -0.2) is 18.9 Å². The van der Waals surface area contributed by atoms with Gasteiger partial charge in [0.15, 0.2) is 0 Å². The Morgan fingerprint density at radius 2 is 1.66 bits per heavy atom. The highest BCUT2D eigenvalue weighted by Crippen LogP contribution is 2.14. The summed E-state index contributed by atoms with van der Waals surface area (Å²) in [6.07, 6.45) is 0.248. The van der Waals surface area contributed by atoms with Gasteiger partial charge in [0.1, 0.15) is 11.6 Å². The van der Waals surface area contributed by atoms with E-state index in [1.807, 2.05) is 30.3 Å². The minimum absolute atomic E-state index is 0.112. The van der Waals surface area contributed by atoms with Crippen molar-refractivity contribution < 1.29 is 18.7 Å². The van der Waals surface area contributed by atoms with Crippen LogP contribution >= 0.6 is 0 Å². The summed E-state index contributed by atoms with van der Waals surface area (Å²) in [5, 5.41) is 5.64. The zero-order chi connectivity index (χ0) is 20.6. The fraction of sp³-hybridized carbons (Fsp3) is 0.130. The zero-order valence-electron chi connectivity index (χ0n) is 15.9. The summed E-state index contributed by atoms with van der Waals surface area (Å²) in [5.41, 5.74) is 2.67. The third-order valence-electron chi connectivity index (χ3n) is 4.28. The third-order valence-corrected chi connectivity index (χ3v) is 4.28. The van der Waals surface area contributed by atoms with Crippen molar-refractivity contribution in [2.75, 3.05) is 12.4 Å². The molecule has 0 bridgehead atoms. The van der Waals surface area contributed by atoms with Gasteiger partial charge in [-0.25, -0.2) is 4.39 Å². The maximum atomic E-state index is 13.0. The van der Waals surface area contributed by atoms with Gasteiger partial charge in [-0.15, -0.1) is 0 Å². The quantitative estimate of drug-likeness (QED) is 0.640. The molecular formula is C23H21FN2O3. The van der Waals surface area contributed by atoms with Gasteiger partial charge in [-0.2, -0.15) is 0 Å². The molecule has 2 N–H and O–H groups in total. The minimum Gasteiger partial charge on any atom is -0.497 e. The molecule has 2 amide bonds. The number of amides is 2. The van der Waals surface area contributed by atoms with Crippen LogP contribution in [0.1, 0.15) is 21.5 Å². The number of benzene rings is 3. The molecule has 0 saturated heterocycles. The van der Waals surface area contributed by atoms with E-state index in [1.54, 1.807) is 25.3 Å². The van der Waals surface area contributed by atoms with Gasteiger partial charge in [-0.05, 0) is 59.7 Å². The van der Waals surface area contributed by atoms with Crippen LogP contribution in [0.3, 0.4) is 0 Å². The molecule has 0 saturated carbocycles. The molecule has 0 unspecified atom stereocenters. The van der Waals surface area contributed by atoms with Crippen molar-refractivity contribution in [2.24, 2.45) is 0 Å². The van der Waals surface area contributed by atoms with E-state index in [2.05, 4.69) is 10.6 Å². The number of ether oxygens (including phenoxy) is 1. The van der Waals surface area contributed by atoms with Gasteiger partial charge in [0.05, 0.1) is 13.5 Å². The highest BCUT2D eigenvalue weighted by molar-refractivity contribution is 6.04. The Morgan fingerprint density at radius 3 is 2.41 bits per heavy atom. The number of carbonyl (C=O) groups is 2. The number of nitrogens with one attached hydrogen (secondary N) is 2. The first-order chi connectivity index (χ1) is 14.0. The van der Waals surface area contributed by atoms with Gasteiger partial charge in [0.25, 0.3) is 5.91 Å². The predicted octanol–water partition coefficient (Wildman–Crippen LogP) is 3.95. The van der Waals surface area contributed by atoms with Gasteiger partial charge >= 0.3 is 0 Å². The molecule has 3 rings (SSSR count). The van der Waals surface area contributed by atoms with Crippen LogP contribution < -0.4 is 15.4 Å². The lowest BCUT2D eigenvalue weighted by molar-refractivity contribution is -0.120. The van der Waals surface area contributed by atoms with Crippen molar-refractivity contribution in [3.05, 3.63) is 95.3 Å². The molecular weight excluding hydrogens is 371 g/mol. The van der Waals surface area contributed by atoms with Crippen LogP contribution in [0.15, 0.2) is 72.8 Å². The van der Waals surface area contributed by atoms with Crippen LogP contribution in [0.2, 0.25) is 0 Å². The van der Waals surface area contributed by atoms with Crippen LogP contribution in [0, 0.1) is 5.82 Å². The van der Waals surface area contributed by atoms with E-state index in [-0.39, 0.29) is 18.2 Å². The number of rotatable bonds is 7. The molecule has 5 nitrogen and oxygen atoms in total. The molecule has 0 radical (unpaired) electrons. The summed E-state index contributed by atoms with van der Waals surface area (Å²) in [5.74, 6) is -0.128. The smallest absolute Gasteiger partial charge is 0.255 e. The average molecular weight is 392 g/mol. The molecule has 6 heteroatoms. The summed E-state index contributed by atoms with van der Waals surface area (Å²) in [4.78, 5) is 24.5. The molecule has 0 aliphatic rings. The second-order valence-electron chi connectivity index (χ2n) is 6.47. The average Bonchev–Trinajstić information content (AvgIpc) is 2.73. The highest BCUT2D eigenvalue weighted by atomic mass is 19.1. The Labute approximate surface area is 168 Å². The molecule has 0 fully saturated rings. The van der Waals surface area contributed by atoms with E-state index in [9.17, 15) is 14.0 Å². The monoisotopic (exact) mass is 392 g/mol. The number of hydrogen-bond acceptors (Lipinski definition) is 3. The first-order valence-electron chi connectivity index (χ1n) is 9.09. The summed E-state index contributed by atoms with van der Waals surface area (Å²) in [7, 11) is 1.58. The summed E-state index contributed by atoms with van der Waals surface area (Å²) in [6.45, 7) is 0.336. The molecule has 0 aromatic heterocycles. The molecule has 3 aromatic rings. The van der Waals surface area contributed by atoms with Crippen molar-refractivity contribution >= 4 is 17.5 Å². The third kappa shape index (κ3) is 5.90. The number of methoxy groups -OCH3 is 1. The number of anilines is 1. The van der Waals surface area contributed by atoms with Crippen LogP contribution in [0.25, 0.3) is 0 Å². The lowest BCUT2D eigenvalue weighted by atomic mass is 10.1. The van der Waals surface area contributed by atoms with E-state index in [4.69, 9.17) is 4.74 Å². The van der Waals surface area contributed by atoms with E-state index in [1.165, 1.54) is 24.3 Å². The fourth-order valence-electron chi connectivity index (χ4n) is 2.79. The molecule has 3 aromatic carbocycles. The van der Waals surface area contributed by atoms with Crippen molar-refractivity contribution in [1.82, 2.24) is 5.32 Å². The molecule has 0 atom stereocenters. The van der Waals surface area contributed by atoms with Crippen molar-refractivity contribution in [3.8, 4) is 5.75 Å². The first kappa shape index (κ1) is 20.1. The van der Waals surface area contributed by atoms with Gasteiger partial charge in [-0.3, -0.25) is 9.59 Å². The fourth-order valence-corrected chi connectivity index (χ4v) is 2.79. The highest BCUT2D eigenvalue weighted by Gasteiger charge is 2.08. The minimum atomic E-state index is -0.395. The van der Waals surface area contributed by atoms with Gasteiger partial charge in [0.2, 0.25) is 5.91 Å². The van der Waals surface area contributed by atoms with E-state index in [0.717, 1.165) is 11.1 Å². The molecule has 148 valence electrons. The van der Waals surface area contributed by atoms with E-state index >= 15 is 0 Å². The van der Waals surface area contributed by atoms with Crippen LogP contribution in [0.4, 0.5) is 10.1 Å². The van der Waals surface area contributed by atoms with Crippen LogP contribution in [-0.2, 0) is 17.8 Å². The SMILES string of the molecule is COc1cccc(CC(=O)NCc2cccc(NC(=O)c3ccc(F)cc3)c2)c1. The number of carbonyl (C=O) groups excluding carboxylic acids is 2. The normalized spacial score (nSPS) is 10.3. The standard InChI is InChI=1S/C23H21FN2O3/c1-29-21-7-3-4-16(13-21)14-22(27)25-15-17-5-2-6-20(12-17)26-23(28)18-8-10-19(24)11-9-18/h2-13H,14-15H2,1H3,(H,25,27)(H,26,28). The molecule has 0 aliphatic carbocycles. The zero-order valence-corrected chi connectivity index (χ0v) is 15.9. The van der Waals surface area contributed by atoms with Crippen molar-refractivity contribution in [3.63, 3.8) is 0 Å². The summed E-state index contributed by atoms with van der Waals surface area (Å²) in [6, 6.07) is 19.9. The topological polar surface area (TPSA) is 67.4 Å². The van der Waals surface area contributed by atoms with Crippen molar-refractivity contribution in [2.45, 2.75) is 13.0 Å². The Bertz CT molecular complexity index is 1000.